The van der Waals surface area contributed by atoms with Gasteiger partial charge in [-0.05, 0) is 6.92 Å². The zero-order chi connectivity index (χ0) is 16.7. The van der Waals surface area contributed by atoms with Crippen LogP contribution in [0.3, 0.4) is 0 Å². The van der Waals surface area contributed by atoms with Gasteiger partial charge in [0.1, 0.15) is 6.10 Å². The van der Waals surface area contributed by atoms with E-state index in [1.165, 1.54) is 6.92 Å². The molecule has 0 saturated carbocycles. The monoisotopic (exact) mass is 294 g/mol. The normalized spacial score (nSPS) is 9.05. The van der Waals surface area contributed by atoms with Gasteiger partial charge in [0.25, 0.3) is 0 Å². The van der Waals surface area contributed by atoms with Crippen molar-refractivity contribution in [2.24, 2.45) is 0 Å². The number of carboxylic acids is 3. The third-order valence-corrected chi connectivity index (χ3v) is 1.16. The minimum atomic E-state index is -1.26. The summed E-state index contributed by atoms with van der Waals surface area (Å²) in [5.74, 6) is -3.45. The van der Waals surface area contributed by atoms with Crippen LogP contribution in [0.25, 0.3) is 0 Å². The molecule has 0 aromatic carbocycles. The molecule has 0 aliphatic carbocycles. The predicted octanol–water partition coefficient (Wildman–Crippen LogP) is -1.31. The van der Waals surface area contributed by atoms with Crippen molar-refractivity contribution in [2.45, 2.75) is 13.0 Å². The van der Waals surface area contributed by atoms with Gasteiger partial charge in [-0.25, -0.2) is 14.4 Å². The highest BCUT2D eigenvalue weighted by Gasteiger charge is 1.93. The molecule has 0 saturated heterocycles. The molecule has 0 rings (SSSR count). The first-order valence-corrected chi connectivity index (χ1v) is 5.00. The van der Waals surface area contributed by atoms with E-state index in [2.05, 4.69) is 6.58 Å². The summed E-state index contributed by atoms with van der Waals surface area (Å²) in [7, 11) is 0. The maximum absolute atomic E-state index is 9.60. The molecule has 0 unspecified atom stereocenters. The Morgan fingerprint density at radius 1 is 1.00 bits per heavy atom. The van der Waals surface area contributed by atoms with Gasteiger partial charge in [-0.1, -0.05) is 6.58 Å². The molecule has 9 nitrogen and oxygen atoms in total. The van der Waals surface area contributed by atoms with Gasteiger partial charge >= 0.3 is 17.9 Å². The van der Waals surface area contributed by atoms with Gasteiger partial charge in [-0.2, -0.15) is 0 Å². The standard InChI is InChI=1S/C4H4O4.C4H6O2.C3H8O3/c5-3(6)1-2-4(7)8;1-3(2)4(5)6;4-1-3(6)2-5/h1-2H,(H,5,6)(H,7,8);1H2,2H3,(H,5,6);3-6H,1-2H2/b2-1-;;. The fourth-order valence-corrected chi connectivity index (χ4v) is 0.200. The quantitative estimate of drug-likeness (QED) is 0.336. The van der Waals surface area contributed by atoms with E-state index in [-0.39, 0.29) is 18.8 Å². The highest BCUT2D eigenvalue weighted by molar-refractivity contribution is 5.89. The number of aliphatic hydroxyl groups is 3. The van der Waals surface area contributed by atoms with Gasteiger partial charge in [0.2, 0.25) is 0 Å². The molecule has 116 valence electrons. The summed E-state index contributed by atoms with van der Waals surface area (Å²) in [6, 6.07) is 0. The lowest BCUT2D eigenvalue weighted by atomic mass is 10.4. The highest BCUT2D eigenvalue weighted by Crippen LogP contribution is 1.81. The van der Waals surface area contributed by atoms with E-state index in [1.54, 1.807) is 0 Å². The van der Waals surface area contributed by atoms with Crippen LogP contribution in [0.1, 0.15) is 6.92 Å². The molecule has 0 aliphatic rings. The maximum atomic E-state index is 9.60. The van der Waals surface area contributed by atoms with Gasteiger partial charge < -0.3 is 30.6 Å². The second kappa shape index (κ2) is 14.8. The van der Waals surface area contributed by atoms with Crippen LogP contribution >= 0.6 is 0 Å². The van der Waals surface area contributed by atoms with E-state index in [4.69, 9.17) is 30.6 Å². The van der Waals surface area contributed by atoms with E-state index in [0.717, 1.165) is 0 Å². The molecule has 0 fully saturated rings. The first-order valence-electron chi connectivity index (χ1n) is 5.00. The number of carbonyl (C=O) groups is 3. The van der Waals surface area contributed by atoms with E-state index in [1.807, 2.05) is 0 Å². The van der Waals surface area contributed by atoms with Crippen molar-refractivity contribution in [1.29, 1.82) is 0 Å². The lowest BCUT2D eigenvalue weighted by Crippen LogP contribution is -2.15. The Labute approximate surface area is 114 Å². The lowest BCUT2D eigenvalue weighted by Gasteiger charge is -1.96. The van der Waals surface area contributed by atoms with Crippen LogP contribution in [0.2, 0.25) is 0 Å². The third-order valence-electron chi connectivity index (χ3n) is 1.16. The van der Waals surface area contributed by atoms with Crippen LogP contribution in [0.5, 0.6) is 0 Å². The number of carboxylic acid groups (broad SMARTS) is 3. The number of hydrogen-bond donors (Lipinski definition) is 6. The SMILES string of the molecule is C=C(C)C(=O)O.O=C(O)/C=C\C(=O)O.OCC(O)CO. The van der Waals surface area contributed by atoms with E-state index in [9.17, 15) is 14.4 Å². The number of rotatable bonds is 5. The lowest BCUT2D eigenvalue weighted by molar-refractivity contribution is -0.134. The summed E-state index contributed by atoms with van der Waals surface area (Å²) in [5, 5.41) is 47.5. The fraction of sp³-hybridized carbons (Fsp3) is 0.364. The molecule has 0 aromatic heterocycles. The van der Waals surface area contributed by atoms with E-state index in [0.29, 0.717) is 12.2 Å². The number of aliphatic carboxylic acids is 3. The van der Waals surface area contributed by atoms with Gasteiger partial charge in [-0.15, -0.1) is 0 Å². The molecule has 0 bridgehead atoms. The van der Waals surface area contributed by atoms with Crippen molar-refractivity contribution in [1.82, 2.24) is 0 Å². The van der Waals surface area contributed by atoms with Crippen LogP contribution in [-0.4, -0.2) is 67.9 Å². The number of aliphatic hydroxyl groups excluding tert-OH is 3. The average molecular weight is 294 g/mol. The Bertz CT molecular complexity index is 314. The highest BCUT2D eigenvalue weighted by atomic mass is 16.4. The van der Waals surface area contributed by atoms with Gasteiger partial charge in [0, 0.05) is 17.7 Å². The molecule has 0 radical (unpaired) electrons. The molecule has 6 N–H and O–H groups in total. The first-order chi connectivity index (χ1) is 9.08. The van der Waals surface area contributed by atoms with Crippen LogP contribution < -0.4 is 0 Å². The second-order valence-corrected chi connectivity index (χ2v) is 3.11. The Hall–Kier alpha value is -2.23. The Morgan fingerprint density at radius 3 is 1.30 bits per heavy atom. The van der Waals surface area contributed by atoms with Crippen molar-refractivity contribution < 1.29 is 45.0 Å². The third kappa shape index (κ3) is 29.7. The minimum absolute atomic E-state index is 0.176. The van der Waals surface area contributed by atoms with Crippen LogP contribution in [0, 0.1) is 0 Å². The summed E-state index contributed by atoms with van der Waals surface area (Å²) in [6.45, 7) is 3.87. The van der Waals surface area contributed by atoms with E-state index >= 15 is 0 Å². The summed E-state index contributed by atoms with van der Waals surface area (Å²) in [5.41, 5.74) is 0.176. The van der Waals surface area contributed by atoms with Gasteiger partial charge in [0.15, 0.2) is 0 Å². The van der Waals surface area contributed by atoms with Crippen LogP contribution in [0.15, 0.2) is 24.3 Å². The van der Waals surface area contributed by atoms with Crippen molar-refractivity contribution >= 4 is 17.9 Å². The minimum Gasteiger partial charge on any atom is -0.478 e. The number of hydrogen-bond acceptors (Lipinski definition) is 6. The molecule has 0 spiro atoms. The zero-order valence-corrected chi connectivity index (χ0v) is 10.8. The molecule has 0 aromatic rings. The molecular weight excluding hydrogens is 276 g/mol. The van der Waals surface area contributed by atoms with Crippen molar-refractivity contribution in [2.75, 3.05) is 13.2 Å². The summed E-state index contributed by atoms with van der Waals surface area (Å²) < 4.78 is 0. The maximum Gasteiger partial charge on any atom is 0.330 e. The molecular formula is C11H18O9. The molecule has 0 amide bonds. The molecule has 0 atom stereocenters. The topological polar surface area (TPSA) is 173 Å². The van der Waals surface area contributed by atoms with Gasteiger partial charge in [-0.3, -0.25) is 0 Å². The zero-order valence-electron chi connectivity index (χ0n) is 10.8. The summed E-state index contributed by atoms with van der Waals surface area (Å²) in [6.07, 6.45) is 0.162. The Balaban J connectivity index is -0.000000221. The molecule has 0 aliphatic heterocycles. The van der Waals surface area contributed by atoms with Gasteiger partial charge in [0.05, 0.1) is 13.2 Å². The van der Waals surface area contributed by atoms with E-state index < -0.39 is 24.0 Å². The first kappa shape index (κ1) is 22.9. The van der Waals surface area contributed by atoms with Crippen molar-refractivity contribution in [3.05, 3.63) is 24.3 Å². The second-order valence-electron chi connectivity index (χ2n) is 3.11. The van der Waals surface area contributed by atoms with Crippen LogP contribution in [0.4, 0.5) is 0 Å². The van der Waals surface area contributed by atoms with Crippen molar-refractivity contribution in [3.8, 4) is 0 Å². The van der Waals surface area contributed by atoms with Crippen LogP contribution in [-0.2, 0) is 14.4 Å². The van der Waals surface area contributed by atoms with Crippen molar-refractivity contribution in [3.63, 3.8) is 0 Å². The molecule has 20 heavy (non-hydrogen) atoms. The largest absolute Gasteiger partial charge is 0.478 e. The Morgan fingerprint density at radius 2 is 1.25 bits per heavy atom. The molecule has 0 heterocycles. The fourth-order valence-electron chi connectivity index (χ4n) is 0.200. The predicted molar refractivity (Wildman–Crippen MR) is 67.0 cm³/mol. The smallest absolute Gasteiger partial charge is 0.330 e. The average Bonchev–Trinajstić information content (AvgIpc) is 2.36. The Kier molecular flexibility index (Phi) is 17.0. The molecule has 9 heteroatoms. The summed E-state index contributed by atoms with van der Waals surface area (Å²) in [4.78, 5) is 28.7. The summed E-state index contributed by atoms with van der Waals surface area (Å²) >= 11 is 0.